The van der Waals surface area contributed by atoms with E-state index in [4.69, 9.17) is 0 Å². The Balaban J connectivity index is 2.01. The molecule has 24 heavy (non-hydrogen) atoms. The Morgan fingerprint density at radius 3 is 2.00 bits per heavy atom. The summed E-state index contributed by atoms with van der Waals surface area (Å²) in [6.45, 7) is 0. The van der Waals surface area contributed by atoms with Gasteiger partial charge in [0.2, 0.25) is 0 Å². The van der Waals surface area contributed by atoms with Crippen LogP contribution in [0.3, 0.4) is 0 Å². The monoisotopic (exact) mass is 307 g/mol. The molecule has 0 amide bonds. The third-order valence-corrected chi connectivity index (χ3v) is 4.38. The Bertz CT molecular complexity index is 974. The minimum absolute atomic E-state index is 1.17. The van der Waals surface area contributed by atoms with Gasteiger partial charge >= 0.3 is 0 Å². The average molecular weight is 307 g/mol. The van der Waals surface area contributed by atoms with Gasteiger partial charge in [0, 0.05) is 16.8 Å². The molecule has 4 rings (SSSR count). The smallest absolute Gasteiger partial charge is 0.142 e. The van der Waals surface area contributed by atoms with Crippen molar-refractivity contribution in [3.63, 3.8) is 0 Å². The normalized spacial score (nSPS) is 10.7. The predicted octanol–water partition coefficient (Wildman–Crippen LogP) is 4.57. The molecule has 0 spiro atoms. The standard InChI is InChI=1S/C22H18BN/c23-20-14-6-7-15-22(20)24(18-11-2-1-3-12-18)21-16-8-10-17-9-4-5-13-19(17)21/h1-16H,23H2. The van der Waals surface area contributed by atoms with Crippen LogP contribution in [-0.4, -0.2) is 7.85 Å². The third-order valence-electron chi connectivity index (χ3n) is 4.38. The lowest BCUT2D eigenvalue weighted by Gasteiger charge is -2.28. The third kappa shape index (κ3) is 2.57. The highest BCUT2D eigenvalue weighted by Crippen LogP contribution is 2.37. The van der Waals surface area contributed by atoms with Crippen LogP contribution in [-0.2, 0) is 0 Å². The fourth-order valence-electron chi connectivity index (χ4n) is 3.20. The molecule has 0 bridgehead atoms. The van der Waals surface area contributed by atoms with Crippen LogP contribution in [0, 0.1) is 0 Å². The molecule has 4 aromatic rings. The summed E-state index contributed by atoms with van der Waals surface area (Å²) in [7, 11) is 2.16. The fourth-order valence-corrected chi connectivity index (χ4v) is 3.20. The molecule has 0 aliphatic carbocycles. The lowest BCUT2D eigenvalue weighted by molar-refractivity contribution is 1.31. The Morgan fingerprint density at radius 1 is 0.542 bits per heavy atom. The van der Waals surface area contributed by atoms with Gasteiger partial charge in [0.1, 0.15) is 7.85 Å². The Labute approximate surface area is 143 Å². The van der Waals surface area contributed by atoms with Gasteiger partial charge in [0.25, 0.3) is 0 Å². The van der Waals surface area contributed by atoms with E-state index in [9.17, 15) is 0 Å². The summed E-state index contributed by atoms with van der Waals surface area (Å²) in [5, 5.41) is 2.51. The second kappa shape index (κ2) is 6.25. The van der Waals surface area contributed by atoms with Gasteiger partial charge in [-0.2, -0.15) is 0 Å². The van der Waals surface area contributed by atoms with E-state index in [1.54, 1.807) is 0 Å². The zero-order valence-electron chi connectivity index (χ0n) is 13.7. The highest BCUT2D eigenvalue weighted by Gasteiger charge is 2.15. The number of hydrogen-bond donors (Lipinski definition) is 0. The van der Waals surface area contributed by atoms with Crippen LogP contribution in [0.1, 0.15) is 0 Å². The van der Waals surface area contributed by atoms with Crippen molar-refractivity contribution in [1.82, 2.24) is 0 Å². The second-order valence-electron chi connectivity index (χ2n) is 5.96. The van der Waals surface area contributed by atoms with Crippen molar-refractivity contribution < 1.29 is 0 Å². The predicted molar refractivity (Wildman–Crippen MR) is 107 cm³/mol. The summed E-state index contributed by atoms with van der Waals surface area (Å²) in [5.41, 5.74) is 4.84. The molecular weight excluding hydrogens is 289 g/mol. The number of fused-ring (bicyclic) bond motifs is 1. The summed E-state index contributed by atoms with van der Waals surface area (Å²) in [4.78, 5) is 2.34. The van der Waals surface area contributed by atoms with E-state index in [1.807, 2.05) is 0 Å². The van der Waals surface area contributed by atoms with Gasteiger partial charge in [0.15, 0.2) is 0 Å². The number of rotatable bonds is 3. The first-order valence-electron chi connectivity index (χ1n) is 8.23. The number of para-hydroxylation sites is 2. The maximum absolute atomic E-state index is 2.34. The summed E-state index contributed by atoms with van der Waals surface area (Å²) in [5.74, 6) is 0. The van der Waals surface area contributed by atoms with E-state index in [-0.39, 0.29) is 0 Å². The van der Waals surface area contributed by atoms with Crippen LogP contribution >= 0.6 is 0 Å². The van der Waals surface area contributed by atoms with Crippen molar-refractivity contribution in [2.45, 2.75) is 0 Å². The topological polar surface area (TPSA) is 3.24 Å². The summed E-state index contributed by atoms with van der Waals surface area (Å²) in [6, 6.07) is 34.1. The van der Waals surface area contributed by atoms with Crippen LogP contribution in [0.15, 0.2) is 97.1 Å². The molecule has 0 saturated heterocycles. The van der Waals surface area contributed by atoms with E-state index >= 15 is 0 Å². The molecule has 4 aromatic carbocycles. The summed E-state index contributed by atoms with van der Waals surface area (Å²) in [6.07, 6.45) is 0. The maximum atomic E-state index is 2.34. The second-order valence-corrected chi connectivity index (χ2v) is 5.96. The molecule has 2 heteroatoms. The van der Waals surface area contributed by atoms with Crippen molar-refractivity contribution in [2.24, 2.45) is 0 Å². The summed E-state index contributed by atoms with van der Waals surface area (Å²) < 4.78 is 0. The van der Waals surface area contributed by atoms with E-state index in [2.05, 4.69) is 110 Å². The molecule has 0 atom stereocenters. The van der Waals surface area contributed by atoms with Gasteiger partial charge < -0.3 is 4.90 Å². The minimum Gasteiger partial charge on any atom is -0.310 e. The van der Waals surface area contributed by atoms with Crippen LogP contribution < -0.4 is 10.4 Å². The quantitative estimate of drug-likeness (QED) is 0.501. The van der Waals surface area contributed by atoms with Crippen molar-refractivity contribution in [1.29, 1.82) is 0 Å². The highest BCUT2D eigenvalue weighted by atomic mass is 15.1. The number of nitrogens with zero attached hydrogens (tertiary/aromatic N) is 1. The van der Waals surface area contributed by atoms with Crippen molar-refractivity contribution in [2.75, 3.05) is 4.90 Å². The van der Waals surface area contributed by atoms with E-state index in [0.717, 1.165) is 0 Å². The first kappa shape index (κ1) is 14.6. The molecule has 0 heterocycles. The number of anilines is 3. The van der Waals surface area contributed by atoms with E-state index in [0.29, 0.717) is 0 Å². The molecule has 0 saturated carbocycles. The molecule has 0 aromatic heterocycles. The van der Waals surface area contributed by atoms with E-state index in [1.165, 1.54) is 33.3 Å². The van der Waals surface area contributed by atoms with Gasteiger partial charge in [-0.25, -0.2) is 0 Å². The van der Waals surface area contributed by atoms with Crippen LogP contribution in [0.2, 0.25) is 0 Å². The highest BCUT2D eigenvalue weighted by molar-refractivity contribution is 6.36. The first-order valence-corrected chi connectivity index (χ1v) is 8.23. The average Bonchev–Trinajstić information content (AvgIpc) is 2.65. The largest absolute Gasteiger partial charge is 0.310 e. The molecule has 114 valence electrons. The molecule has 0 unspecified atom stereocenters. The molecule has 0 N–H and O–H groups in total. The molecule has 0 fully saturated rings. The maximum Gasteiger partial charge on any atom is 0.142 e. The van der Waals surface area contributed by atoms with Crippen molar-refractivity contribution in [3.8, 4) is 0 Å². The Kier molecular flexibility index (Phi) is 3.80. The Hall–Kier alpha value is -3.00. The minimum atomic E-state index is 1.17. The number of benzene rings is 4. The van der Waals surface area contributed by atoms with Gasteiger partial charge in [-0.05, 0) is 29.7 Å². The molecule has 0 aliphatic heterocycles. The van der Waals surface area contributed by atoms with Crippen molar-refractivity contribution >= 4 is 41.1 Å². The van der Waals surface area contributed by atoms with Crippen LogP contribution in [0.25, 0.3) is 10.8 Å². The Morgan fingerprint density at radius 2 is 1.17 bits per heavy atom. The van der Waals surface area contributed by atoms with Gasteiger partial charge in [-0.1, -0.05) is 78.3 Å². The van der Waals surface area contributed by atoms with Crippen LogP contribution in [0.4, 0.5) is 17.1 Å². The lowest BCUT2D eigenvalue weighted by atomic mass is 9.92. The van der Waals surface area contributed by atoms with Crippen molar-refractivity contribution in [3.05, 3.63) is 97.1 Å². The molecule has 0 radical (unpaired) electrons. The van der Waals surface area contributed by atoms with Gasteiger partial charge in [0.05, 0.1) is 5.69 Å². The SMILES string of the molecule is Bc1ccccc1N(c1ccccc1)c1cccc2ccccc12. The van der Waals surface area contributed by atoms with Crippen LogP contribution in [0.5, 0.6) is 0 Å². The number of hydrogen-bond acceptors (Lipinski definition) is 1. The zero-order chi connectivity index (χ0) is 16.4. The lowest BCUT2D eigenvalue weighted by Crippen LogP contribution is -2.19. The zero-order valence-corrected chi connectivity index (χ0v) is 13.7. The fraction of sp³-hybridized carbons (Fsp3) is 0. The molecule has 0 aliphatic rings. The van der Waals surface area contributed by atoms with Gasteiger partial charge in [-0.15, -0.1) is 0 Å². The molecular formula is C22H18BN. The van der Waals surface area contributed by atoms with Gasteiger partial charge in [-0.3, -0.25) is 0 Å². The van der Waals surface area contributed by atoms with E-state index < -0.39 is 0 Å². The summed E-state index contributed by atoms with van der Waals surface area (Å²) >= 11 is 0. The first-order chi connectivity index (χ1) is 11.8. The molecule has 1 nitrogen and oxygen atoms in total.